The number of nitrogen functional groups attached to an aromatic ring is 1. The molecule has 0 fully saturated rings. The number of benzene rings is 1. The lowest BCUT2D eigenvalue weighted by Gasteiger charge is -2.09. The van der Waals surface area contributed by atoms with Crippen LogP contribution in [0.1, 0.15) is 18.3 Å². The van der Waals surface area contributed by atoms with Gasteiger partial charge in [0, 0.05) is 13.1 Å². The normalized spacial score (nSPS) is 10.6. The molecule has 20 heavy (non-hydrogen) atoms. The Morgan fingerprint density at radius 1 is 1.40 bits per heavy atom. The van der Waals surface area contributed by atoms with E-state index in [2.05, 4.69) is 5.10 Å². The smallest absolute Gasteiger partial charge is 0.142 e. The van der Waals surface area contributed by atoms with Crippen molar-refractivity contribution in [3.05, 3.63) is 34.6 Å². The van der Waals surface area contributed by atoms with Crippen LogP contribution in [0.15, 0.2) is 18.2 Å². The molecule has 2 rings (SSSR count). The first kappa shape index (κ1) is 14.5. The summed E-state index contributed by atoms with van der Waals surface area (Å²) in [6, 6.07) is 5.30. The summed E-state index contributed by atoms with van der Waals surface area (Å²) in [5.41, 5.74) is 8.10. The van der Waals surface area contributed by atoms with E-state index in [4.69, 9.17) is 26.8 Å². The number of hydrogen-bond donors (Lipinski definition) is 1. The lowest BCUT2D eigenvalue weighted by molar-refractivity contribution is 0.294. The summed E-state index contributed by atoms with van der Waals surface area (Å²) in [4.78, 5) is 0. The molecule has 1 aromatic heterocycles. The van der Waals surface area contributed by atoms with Crippen molar-refractivity contribution in [3.8, 4) is 11.5 Å². The third kappa shape index (κ3) is 2.82. The van der Waals surface area contributed by atoms with Gasteiger partial charge in [-0.3, -0.25) is 4.68 Å². The highest BCUT2D eigenvalue weighted by Crippen LogP contribution is 2.27. The maximum atomic E-state index is 6.27. The largest absolute Gasteiger partial charge is 0.495 e. The molecule has 108 valence electrons. The molecule has 0 bridgehead atoms. The van der Waals surface area contributed by atoms with Crippen LogP contribution in [0.25, 0.3) is 0 Å². The molecule has 0 aliphatic rings. The Labute approximate surface area is 123 Å². The summed E-state index contributed by atoms with van der Waals surface area (Å²) in [6.45, 7) is 2.36. The Morgan fingerprint density at radius 3 is 2.70 bits per heavy atom. The summed E-state index contributed by atoms with van der Waals surface area (Å²) in [5.74, 6) is 1.29. The van der Waals surface area contributed by atoms with Crippen molar-refractivity contribution in [2.75, 3.05) is 12.8 Å². The molecular formula is C14H18ClN3O2. The highest BCUT2D eigenvalue weighted by atomic mass is 35.5. The predicted octanol–water partition coefficient (Wildman–Crippen LogP) is 2.81. The number of ether oxygens (including phenoxy) is 2. The molecule has 0 saturated heterocycles. The molecule has 0 aliphatic carbocycles. The number of hydrogen-bond acceptors (Lipinski definition) is 4. The van der Waals surface area contributed by atoms with Crippen molar-refractivity contribution in [1.82, 2.24) is 9.78 Å². The number of aromatic nitrogens is 2. The van der Waals surface area contributed by atoms with E-state index in [0.29, 0.717) is 28.8 Å². The number of anilines is 1. The summed E-state index contributed by atoms with van der Waals surface area (Å²) >= 11 is 6.27. The van der Waals surface area contributed by atoms with E-state index in [1.54, 1.807) is 30.0 Å². The van der Waals surface area contributed by atoms with Gasteiger partial charge in [-0.1, -0.05) is 18.5 Å². The first-order valence-corrected chi connectivity index (χ1v) is 6.71. The van der Waals surface area contributed by atoms with Crippen molar-refractivity contribution < 1.29 is 9.47 Å². The average Bonchev–Trinajstić information content (AvgIpc) is 2.71. The average molecular weight is 296 g/mol. The summed E-state index contributed by atoms with van der Waals surface area (Å²) < 4.78 is 12.6. The predicted molar refractivity (Wildman–Crippen MR) is 79.3 cm³/mol. The van der Waals surface area contributed by atoms with Crippen molar-refractivity contribution in [3.63, 3.8) is 0 Å². The quantitative estimate of drug-likeness (QED) is 0.862. The van der Waals surface area contributed by atoms with E-state index in [-0.39, 0.29) is 0 Å². The van der Waals surface area contributed by atoms with Gasteiger partial charge in [0.15, 0.2) is 0 Å². The van der Waals surface area contributed by atoms with Crippen LogP contribution in [0.2, 0.25) is 5.02 Å². The number of halogens is 1. The van der Waals surface area contributed by atoms with Gasteiger partial charge in [-0.15, -0.1) is 0 Å². The fourth-order valence-electron chi connectivity index (χ4n) is 1.93. The van der Waals surface area contributed by atoms with Crippen LogP contribution in [0.4, 0.5) is 5.69 Å². The van der Waals surface area contributed by atoms with Crippen molar-refractivity contribution in [2.24, 2.45) is 7.05 Å². The Bertz CT molecular complexity index is 611. The number of nitrogens with two attached hydrogens (primary N) is 1. The molecule has 0 unspecified atom stereocenters. The molecule has 0 spiro atoms. The van der Waals surface area contributed by atoms with Crippen LogP contribution in [0.3, 0.4) is 0 Å². The van der Waals surface area contributed by atoms with Gasteiger partial charge in [-0.2, -0.15) is 5.10 Å². The first-order chi connectivity index (χ1) is 9.56. The molecule has 0 radical (unpaired) electrons. The van der Waals surface area contributed by atoms with Gasteiger partial charge in [-0.25, -0.2) is 0 Å². The second-order valence-corrected chi connectivity index (χ2v) is 4.75. The van der Waals surface area contributed by atoms with Gasteiger partial charge in [-0.05, 0) is 18.6 Å². The van der Waals surface area contributed by atoms with E-state index in [1.165, 1.54) is 0 Å². The SMILES string of the molecule is CCc1nn(C)c(COc2ccc(OC)c(N)c2)c1Cl. The minimum atomic E-state index is 0.341. The second-order valence-electron chi connectivity index (χ2n) is 4.38. The maximum absolute atomic E-state index is 6.27. The molecule has 2 aromatic rings. The fourth-order valence-corrected chi connectivity index (χ4v) is 2.28. The standard InChI is InChI=1S/C14H18ClN3O2/c1-4-11-14(15)12(18(2)17-11)8-20-9-5-6-13(19-3)10(16)7-9/h5-7H,4,8,16H2,1-3H3. The summed E-state index contributed by atoms with van der Waals surface area (Å²) in [7, 11) is 3.43. The molecule has 2 N–H and O–H groups in total. The number of nitrogens with zero attached hydrogens (tertiary/aromatic N) is 2. The molecule has 0 saturated carbocycles. The van der Waals surface area contributed by atoms with Crippen molar-refractivity contribution in [1.29, 1.82) is 0 Å². The Hall–Kier alpha value is -1.88. The maximum Gasteiger partial charge on any atom is 0.142 e. The molecule has 1 heterocycles. The minimum Gasteiger partial charge on any atom is -0.495 e. The molecular weight excluding hydrogens is 278 g/mol. The first-order valence-electron chi connectivity index (χ1n) is 6.33. The Kier molecular flexibility index (Phi) is 4.39. The lowest BCUT2D eigenvalue weighted by atomic mass is 10.3. The third-order valence-electron chi connectivity index (χ3n) is 3.08. The third-order valence-corrected chi connectivity index (χ3v) is 3.52. The van der Waals surface area contributed by atoms with E-state index in [9.17, 15) is 0 Å². The fraction of sp³-hybridized carbons (Fsp3) is 0.357. The van der Waals surface area contributed by atoms with Gasteiger partial charge in [0.1, 0.15) is 18.1 Å². The van der Waals surface area contributed by atoms with Crippen LogP contribution >= 0.6 is 11.6 Å². The monoisotopic (exact) mass is 295 g/mol. The van der Waals surface area contributed by atoms with Crippen LogP contribution in [-0.2, 0) is 20.1 Å². The van der Waals surface area contributed by atoms with E-state index in [1.807, 2.05) is 14.0 Å². The number of rotatable bonds is 5. The molecule has 0 amide bonds. The topological polar surface area (TPSA) is 62.3 Å². The van der Waals surface area contributed by atoms with E-state index in [0.717, 1.165) is 17.8 Å². The van der Waals surface area contributed by atoms with Crippen LogP contribution < -0.4 is 15.2 Å². The summed E-state index contributed by atoms with van der Waals surface area (Å²) in [5, 5.41) is 5.01. The van der Waals surface area contributed by atoms with Crippen LogP contribution in [0, 0.1) is 0 Å². The zero-order valence-electron chi connectivity index (χ0n) is 11.8. The van der Waals surface area contributed by atoms with Crippen molar-refractivity contribution in [2.45, 2.75) is 20.0 Å². The molecule has 5 nitrogen and oxygen atoms in total. The zero-order chi connectivity index (χ0) is 14.7. The highest BCUT2D eigenvalue weighted by Gasteiger charge is 2.13. The van der Waals surface area contributed by atoms with Crippen LogP contribution in [-0.4, -0.2) is 16.9 Å². The van der Waals surface area contributed by atoms with Crippen LogP contribution in [0.5, 0.6) is 11.5 Å². The number of methoxy groups -OCH3 is 1. The zero-order valence-corrected chi connectivity index (χ0v) is 12.6. The lowest BCUT2D eigenvalue weighted by Crippen LogP contribution is -2.04. The van der Waals surface area contributed by atoms with Gasteiger partial charge >= 0.3 is 0 Å². The van der Waals surface area contributed by atoms with Gasteiger partial charge in [0.25, 0.3) is 0 Å². The summed E-state index contributed by atoms with van der Waals surface area (Å²) in [6.07, 6.45) is 0.794. The van der Waals surface area contributed by atoms with Gasteiger partial charge in [0.2, 0.25) is 0 Å². The Morgan fingerprint density at radius 2 is 2.15 bits per heavy atom. The van der Waals surface area contributed by atoms with Gasteiger partial charge < -0.3 is 15.2 Å². The van der Waals surface area contributed by atoms with E-state index >= 15 is 0 Å². The second kappa shape index (κ2) is 6.05. The molecule has 0 aliphatic heterocycles. The molecule has 1 aromatic carbocycles. The Balaban J connectivity index is 2.13. The highest BCUT2D eigenvalue weighted by molar-refractivity contribution is 6.31. The van der Waals surface area contributed by atoms with Gasteiger partial charge in [0.05, 0.1) is 29.2 Å². The van der Waals surface area contributed by atoms with Crippen molar-refractivity contribution >= 4 is 17.3 Å². The molecule has 0 atom stereocenters. The minimum absolute atomic E-state index is 0.341. The molecule has 6 heteroatoms. The van der Waals surface area contributed by atoms with E-state index < -0.39 is 0 Å². The number of aryl methyl sites for hydroxylation is 2.